The predicted molar refractivity (Wildman–Crippen MR) is 104 cm³/mol. The number of thiophene rings is 2. The van der Waals surface area contributed by atoms with Crippen LogP contribution < -0.4 is 0 Å². The molecule has 0 radical (unpaired) electrons. The van der Waals surface area contributed by atoms with Crippen LogP contribution in [-0.4, -0.2) is 11.5 Å². The second-order valence-electron chi connectivity index (χ2n) is 4.65. The zero-order valence-corrected chi connectivity index (χ0v) is 16.7. The summed E-state index contributed by atoms with van der Waals surface area (Å²) in [7, 11) is 0. The highest BCUT2D eigenvalue weighted by molar-refractivity contribution is 8.05. The van der Waals surface area contributed by atoms with Gasteiger partial charge in [0.05, 0.1) is 16.8 Å². The van der Waals surface area contributed by atoms with E-state index >= 15 is 0 Å². The first-order valence-corrected chi connectivity index (χ1v) is 11.9. The molecule has 0 unspecified atom stereocenters. The number of hydrogen-bond acceptors (Lipinski definition) is 5. The van der Waals surface area contributed by atoms with E-state index in [9.17, 15) is 0 Å². The summed E-state index contributed by atoms with van der Waals surface area (Å²) in [6.45, 7) is 4.51. The normalized spacial score (nSPS) is 11.1. The van der Waals surface area contributed by atoms with Crippen LogP contribution in [0.15, 0.2) is 41.1 Å². The first-order valence-electron chi connectivity index (χ1n) is 7.45. The average molecular weight is 375 g/mol. The number of thioether (sulfide) groups is 2. The van der Waals surface area contributed by atoms with Gasteiger partial charge in [-0.25, -0.2) is 0 Å². The van der Waals surface area contributed by atoms with Gasteiger partial charge >= 0.3 is 0 Å². The van der Waals surface area contributed by atoms with Crippen LogP contribution in [0.1, 0.15) is 39.5 Å². The predicted octanol–water partition coefficient (Wildman–Crippen LogP) is 7.75. The topological polar surface area (TPSA) is 0 Å². The van der Waals surface area contributed by atoms with E-state index in [-0.39, 0.29) is 0 Å². The van der Waals surface area contributed by atoms with E-state index in [2.05, 4.69) is 38.1 Å². The number of rotatable bonds is 10. The smallest absolute Gasteiger partial charge is 0.0666 e. The lowest BCUT2D eigenvalue weighted by Crippen LogP contribution is -1.73. The van der Waals surface area contributed by atoms with Gasteiger partial charge in [-0.1, -0.05) is 38.5 Å². The summed E-state index contributed by atoms with van der Waals surface area (Å²) >= 11 is 9.79. The third kappa shape index (κ3) is 6.61. The zero-order valence-electron chi connectivity index (χ0n) is 12.6. The van der Waals surface area contributed by atoms with E-state index < -0.39 is 0 Å². The molecule has 0 aliphatic carbocycles. The molecule has 2 rings (SSSR count). The molecule has 0 fully saturated rings. The molecule has 0 amide bonds. The third-order valence-electron chi connectivity index (χ3n) is 2.80. The van der Waals surface area contributed by atoms with Crippen molar-refractivity contribution in [2.75, 3.05) is 11.5 Å². The Balaban J connectivity index is 1.81. The van der Waals surface area contributed by atoms with E-state index in [1.165, 1.54) is 54.0 Å². The average Bonchev–Trinajstić information content (AvgIpc) is 3.10. The molecule has 0 aliphatic rings. The van der Waals surface area contributed by atoms with Crippen LogP contribution in [0.3, 0.4) is 0 Å². The van der Waals surface area contributed by atoms with Crippen LogP contribution >= 0.6 is 58.0 Å². The molecule has 2 heterocycles. The molecular weight excluding hydrogens is 353 g/mol. The minimum absolute atomic E-state index is 1.25. The molecule has 5 heteroatoms. The molecular formula is C16H22S5. The Morgan fingerprint density at radius 2 is 1.14 bits per heavy atom. The van der Waals surface area contributed by atoms with E-state index in [1.807, 2.05) is 58.0 Å². The minimum atomic E-state index is 1.25. The van der Waals surface area contributed by atoms with Crippen molar-refractivity contribution in [3.05, 3.63) is 24.3 Å². The Bertz CT molecular complexity index is 468. The van der Waals surface area contributed by atoms with Crippen LogP contribution in [0.2, 0.25) is 0 Å². The van der Waals surface area contributed by atoms with Gasteiger partial charge in [0.25, 0.3) is 0 Å². The third-order valence-corrected chi connectivity index (χ3v) is 8.86. The largest absolute Gasteiger partial charge is 0.122 e. The van der Waals surface area contributed by atoms with Gasteiger partial charge in [0.2, 0.25) is 0 Å². The molecule has 0 aromatic carbocycles. The molecule has 0 atom stereocenters. The first kappa shape index (κ1) is 17.8. The van der Waals surface area contributed by atoms with Crippen molar-refractivity contribution >= 4 is 58.0 Å². The second-order valence-corrected chi connectivity index (χ2v) is 11.2. The Hall–Kier alpha value is 0.450. The maximum atomic E-state index is 2.28. The molecule has 0 aliphatic heterocycles. The molecule has 2 aromatic rings. The van der Waals surface area contributed by atoms with Crippen LogP contribution in [0.4, 0.5) is 0 Å². The lowest BCUT2D eigenvalue weighted by atomic mass is 10.4. The van der Waals surface area contributed by atoms with Gasteiger partial charge in [-0.15, -0.1) is 46.2 Å². The zero-order chi connectivity index (χ0) is 14.9. The second kappa shape index (κ2) is 10.3. The summed E-state index contributed by atoms with van der Waals surface area (Å²) in [5.74, 6) is 2.50. The van der Waals surface area contributed by atoms with Crippen molar-refractivity contribution < 1.29 is 0 Å². The van der Waals surface area contributed by atoms with E-state index in [0.29, 0.717) is 0 Å². The van der Waals surface area contributed by atoms with Gasteiger partial charge < -0.3 is 0 Å². The number of hydrogen-bond donors (Lipinski definition) is 0. The van der Waals surface area contributed by atoms with Crippen molar-refractivity contribution in [3.63, 3.8) is 0 Å². The highest BCUT2D eigenvalue weighted by Gasteiger charge is 2.06. The standard InChI is InChI=1S/C16H22S5/c1-3-5-11-17-13-7-9-15(19-13)21-16-10-8-14(20-16)18-12-6-4-2/h7-10H,3-6,11-12H2,1-2H3. The van der Waals surface area contributed by atoms with Gasteiger partial charge in [0, 0.05) is 0 Å². The summed E-state index contributed by atoms with van der Waals surface area (Å²) in [6, 6.07) is 9.09. The van der Waals surface area contributed by atoms with Crippen molar-refractivity contribution in [3.8, 4) is 0 Å². The fourth-order valence-electron chi connectivity index (χ4n) is 1.60. The monoisotopic (exact) mass is 374 g/mol. The molecule has 0 bridgehead atoms. The molecule has 0 saturated carbocycles. The molecule has 21 heavy (non-hydrogen) atoms. The van der Waals surface area contributed by atoms with Crippen LogP contribution in [-0.2, 0) is 0 Å². The van der Waals surface area contributed by atoms with Crippen molar-refractivity contribution in [1.29, 1.82) is 0 Å². The molecule has 116 valence electrons. The summed E-state index contributed by atoms with van der Waals surface area (Å²) in [6.07, 6.45) is 5.20. The Labute approximate surface area is 149 Å². The quantitative estimate of drug-likeness (QED) is 0.308. The summed E-state index contributed by atoms with van der Waals surface area (Å²) < 4.78 is 5.75. The van der Waals surface area contributed by atoms with Gasteiger partial charge in [0.15, 0.2) is 0 Å². The molecule has 2 aromatic heterocycles. The highest BCUT2D eigenvalue weighted by Crippen LogP contribution is 2.41. The summed E-state index contributed by atoms with van der Waals surface area (Å²) in [5, 5.41) is 0. The van der Waals surface area contributed by atoms with E-state index in [4.69, 9.17) is 0 Å². The molecule has 0 saturated heterocycles. The minimum Gasteiger partial charge on any atom is -0.122 e. The van der Waals surface area contributed by atoms with Crippen molar-refractivity contribution in [2.45, 2.75) is 56.4 Å². The van der Waals surface area contributed by atoms with Crippen molar-refractivity contribution in [2.24, 2.45) is 0 Å². The van der Waals surface area contributed by atoms with Gasteiger partial charge in [-0.05, 0) is 48.6 Å². The van der Waals surface area contributed by atoms with Crippen LogP contribution in [0.5, 0.6) is 0 Å². The summed E-state index contributed by atoms with van der Waals surface area (Å²) in [5.41, 5.74) is 0. The Morgan fingerprint density at radius 3 is 1.57 bits per heavy atom. The molecule has 0 nitrogen and oxygen atoms in total. The first-order chi connectivity index (χ1) is 10.3. The Morgan fingerprint density at radius 1 is 0.714 bits per heavy atom. The lowest BCUT2D eigenvalue weighted by molar-refractivity contribution is 0.896. The summed E-state index contributed by atoms with van der Waals surface area (Å²) in [4.78, 5) is 0. The van der Waals surface area contributed by atoms with Crippen molar-refractivity contribution in [1.82, 2.24) is 0 Å². The van der Waals surface area contributed by atoms with Gasteiger partial charge in [0.1, 0.15) is 0 Å². The van der Waals surface area contributed by atoms with Crippen LogP contribution in [0, 0.1) is 0 Å². The fraction of sp³-hybridized carbons (Fsp3) is 0.500. The lowest BCUT2D eigenvalue weighted by Gasteiger charge is -1.96. The van der Waals surface area contributed by atoms with E-state index in [1.54, 1.807) is 0 Å². The van der Waals surface area contributed by atoms with Gasteiger partial charge in [-0.2, -0.15) is 0 Å². The molecule has 0 spiro atoms. The SMILES string of the molecule is CCCCSc1ccc(Sc2ccc(SCCCC)s2)s1. The number of unbranched alkanes of at least 4 members (excludes halogenated alkanes) is 2. The highest BCUT2D eigenvalue weighted by atomic mass is 32.2. The fourth-order valence-corrected chi connectivity index (χ4v) is 8.01. The maximum Gasteiger partial charge on any atom is 0.0666 e. The molecule has 0 N–H and O–H groups in total. The Kier molecular flexibility index (Phi) is 8.70. The van der Waals surface area contributed by atoms with E-state index in [0.717, 1.165) is 0 Å². The maximum absolute atomic E-state index is 2.28. The van der Waals surface area contributed by atoms with Crippen LogP contribution in [0.25, 0.3) is 0 Å². The van der Waals surface area contributed by atoms with Gasteiger partial charge in [-0.3, -0.25) is 0 Å².